The van der Waals surface area contributed by atoms with Crippen molar-refractivity contribution in [3.8, 4) is 11.5 Å². The van der Waals surface area contributed by atoms with E-state index >= 15 is 0 Å². The van der Waals surface area contributed by atoms with Crippen LogP contribution in [0, 0.1) is 5.82 Å². The number of nitrogens with one attached hydrogen (secondary N) is 1. The van der Waals surface area contributed by atoms with Crippen LogP contribution in [0.2, 0.25) is 10.0 Å². The maximum absolute atomic E-state index is 14.7. The lowest BCUT2D eigenvalue weighted by Crippen LogP contribution is -2.41. The average molecular weight is 560 g/mol. The van der Waals surface area contributed by atoms with Crippen LogP contribution in [-0.4, -0.2) is 71.1 Å². The first-order valence-corrected chi connectivity index (χ1v) is 13.3. The summed E-state index contributed by atoms with van der Waals surface area (Å²) in [6.07, 6.45) is 5.19. The number of rotatable bonds is 9. The second-order valence-electron chi connectivity index (χ2n) is 9.28. The number of carbonyl (C=O) groups is 1. The van der Waals surface area contributed by atoms with Crippen LogP contribution < -0.4 is 14.8 Å². The molecule has 2 aliphatic rings. The first kappa shape index (κ1) is 26.5. The molecule has 11 heteroatoms. The summed E-state index contributed by atoms with van der Waals surface area (Å²) in [6, 6.07) is 6.64. The Morgan fingerprint density at radius 2 is 1.95 bits per heavy atom. The molecule has 0 atom stereocenters. The molecule has 1 N–H and O–H groups in total. The van der Waals surface area contributed by atoms with Gasteiger partial charge in [-0.15, -0.1) is 0 Å². The average Bonchev–Trinajstić information content (AvgIpc) is 2.90. The normalized spacial score (nSPS) is 16.2. The number of nitrogens with zero attached hydrogens (tertiary/aromatic N) is 4. The summed E-state index contributed by atoms with van der Waals surface area (Å²) in [5, 5.41) is 3.59. The molecule has 0 aliphatic carbocycles. The van der Waals surface area contributed by atoms with Gasteiger partial charge in [0.1, 0.15) is 24.9 Å². The van der Waals surface area contributed by atoms with E-state index in [9.17, 15) is 9.18 Å². The highest BCUT2D eigenvalue weighted by Gasteiger charge is 2.25. The Labute approximate surface area is 230 Å². The number of anilines is 2. The van der Waals surface area contributed by atoms with Gasteiger partial charge in [-0.3, -0.25) is 9.69 Å². The number of aromatic nitrogens is 2. The van der Waals surface area contributed by atoms with Crippen LogP contribution in [0.5, 0.6) is 11.5 Å². The van der Waals surface area contributed by atoms with Crippen molar-refractivity contribution in [1.82, 2.24) is 19.8 Å². The van der Waals surface area contributed by atoms with E-state index in [1.54, 1.807) is 4.90 Å². The summed E-state index contributed by atoms with van der Waals surface area (Å²) in [7, 11) is 0. The van der Waals surface area contributed by atoms with E-state index in [0.29, 0.717) is 60.8 Å². The largest absolute Gasteiger partial charge is 0.488 e. The molecule has 200 valence electrons. The minimum absolute atomic E-state index is 0.0772. The molecule has 0 radical (unpaired) electrons. The minimum Gasteiger partial charge on any atom is -0.488 e. The fraction of sp³-hybridized carbons (Fsp3) is 0.370. The molecular weight excluding hydrogens is 532 g/mol. The Kier molecular flexibility index (Phi) is 8.16. The third-order valence-corrected chi connectivity index (χ3v) is 7.61. The Balaban J connectivity index is 1.42. The first-order valence-electron chi connectivity index (χ1n) is 12.6. The SMILES string of the molecule is C=CC(=O)N1CCC(Oc2cc3c(Nc4ccc(Cl)c(Cl)c4F)ncnc3cc2OCCN2CCC2)CC1. The zero-order chi connectivity index (χ0) is 26.6. The van der Waals surface area contributed by atoms with Crippen LogP contribution in [0.1, 0.15) is 19.3 Å². The number of hydrogen-bond donors (Lipinski definition) is 1. The number of carbonyl (C=O) groups excluding carboxylic acids is 1. The van der Waals surface area contributed by atoms with Gasteiger partial charge in [-0.25, -0.2) is 14.4 Å². The number of fused-ring (bicyclic) bond motifs is 1. The van der Waals surface area contributed by atoms with Crippen molar-refractivity contribution >= 4 is 51.5 Å². The highest BCUT2D eigenvalue weighted by atomic mass is 35.5. The summed E-state index contributed by atoms with van der Waals surface area (Å²) < 4.78 is 27.3. The fourth-order valence-corrected chi connectivity index (χ4v) is 4.82. The van der Waals surface area contributed by atoms with Gasteiger partial charge in [0.15, 0.2) is 17.3 Å². The molecule has 0 bridgehead atoms. The number of benzene rings is 2. The van der Waals surface area contributed by atoms with E-state index in [1.807, 2.05) is 12.1 Å². The highest BCUT2D eigenvalue weighted by molar-refractivity contribution is 6.42. The minimum atomic E-state index is -0.672. The number of halogens is 3. The number of piperidine rings is 1. The smallest absolute Gasteiger partial charge is 0.245 e. The van der Waals surface area contributed by atoms with E-state index in [1.165, 1.54) is 31.0 Å². The maximum atomic E-state index is 14.7. The number of hydrogen-bond acceptors (Lipinski definition) is 7. The van der Waals surface area contributed by atoms with E-state index in [0.717, 1.165) is 19.6 Å². The summed E-state index contributed by atoms with van der Waals surface area (Å²) in [4.78, 5) is 24.8. The van der Waals surface area contributed by atoms with Gasteiger partial charge < -0.3 is 19.7 Å². The molecule has 1 aromatic heterocycles. The predicted octanol–water partition coefficient (Wildman–Crippen LogP) is 5.46. The van der Waals surface area contributed by atoms with Crippen molar-refractivity contribution in [2.75, 3.05) is 44.6 Å². The number of likely N-dealkylation sites (tertiary alicyclic amines) is 2. The van der Waals surface area contributed by atoms with Gasteiger partial charge in [0, 0.05) is 43.9 Å². The van der Waals surface area contributed by atoms with Crippen LogP contribution in [0.3, 0.4) is 0 Å². The Bertz CT molecular complexity index is 1350. The Hall–Kier alpha value is -3.14. The number of ether oxygens (including phenoxy) is 2. The van der Waals surface area contributed by atoms with Crippen molar-refractivity contribution in [3.05, 3.63) is 59.1 Å². The summed E-state index contributed by atoms with van der Waals surface area (Å²) in [5.74, 6) is 0.756. The predicted molar refractivity (Wildman–Crippen MR) is 146 cm³/mol. The van der Waals surface area contributed by atoms with Crippen LogP contribution in [0.25, 0.3) is 10.9 Å². The van der Waals surface area contributed by atoms with Crippen LogP contribution in [-0.2, 0) is 4.79 Å². The molecule has 0 spiro atoms. The van der Waals surface area contributed by atoms with Gasteiger partial charge in [-0.2, -0.15) is 0 Å². The topological polar surface area (TPSA) is 79.8 Å². The molecular formula is C27H28Cl2FN5O3. The molecule has 1 amide bonds. The van der Waals surface area contributed by atoms with Crippen LogP contribution >= 0.6 is 23.2 Å². The summed E-state index contributed by atoms with van der Waals surface area (Å²) in [6.45, 7) is 8.24. The van der Waals surface area contributed by atoms with Crippen molar-refractivity contribution in [1.29, 1.82) is 0 Å². The lowest BCUT2D eigenvalue weighted by Gasteiger charge is -2.32. The second kappa shape index (κ2) is 11.7. The Morgan fingerprint density at radius 1 is 1.16 bits per heavy atom. The molecule has 0 unspecified atom stereocenters. The lowest BCUT2D eigenvalue weighted by molar-refractivity contribution is -0.127. The van der Waals surface area contributed by atoms with Gasteiger partial charge in [0.25, 0.3) is 0 Å². The molecule has 2 aromatic carbocycles. The highest BCUT2D eigenvalue weighted by Crippen LogP contribution is 2.38. The number of amides is 1. The zero-order valence-electron chi connectivity index (χ0n) is 20.8. The Morgan fingerprint density at radius 3 is 2.66 bits per heavy atom. The third kappa shape index (κ3) is 5.80. The van der Waals surface area contributed by atoms with E-state index in [-0.39, 0.29) is 27.7 Å². The molecule has 2 aliphatic heterocycles. The molecule has 38 heavy (non-hydrogen) atoms. The molecule has 3 aromatic rings. The second-order valence-corrected chi connectivity index (χ2v) is 10.1. The summed E-state index contributed by atoms with van der Waals surface area (Å²) >= 11 is 11.9. The maximum Gasteiger partial charge on any atom is 0.245 e. The first-order chi connectivity index (χ1) is 18.4. The standard InChI is InChI=1S/C27H28Cl2FN5O3/c1-2-24(36)35-10-6-17(7-11-35)38-23-14-18-21(15-22(23)37-13-12-34-8-3-9-34)31-16-32-27(18)33-20-5-4-19(28)25(29)26(20)30/h2,4-5,14-17H,1,3,6-13H2,(H,31,32,33). The van der Waals surface area contributed by atoms with Gasteiger partial charge in [-0.05, 0) is 43.8 Å². The molecule has 0 saturated carbocycles. The zero-order valence-corrected chi connectivity index (χ0v) is 22.3. The molecule has 8 nitrogen and oxygen atoms in total. The molecule has 2 fully saturated rings. The summed E-state index contributed by atoms with van der Waals surface area (Å²) in [5.41, 5.74) is 0.747. The van der Waals surface area contributed by atoms with Crippen LogP contribution in [0.4, 0.5) is 15.9 Å². The third-order valence-electron chi connectivity index (χ3n) is 6.82. The van der Waals surface area contributed by atoms with Crippen molar-refractivity contribution in [2.45, 2.75) is 25.4 Å². The van der Waals surface area contributed by atoms with Gasteiger partial charge in [0.05, 0.1) is 21.2 Å². The fourth-order valence-electron chi connectivity index (χ4n) is 4.51. The van der Waals surface area contributed by atoms with Crippen molar-refractivity contribution in [2.24, 2.45) is 0 Å². The van der Waals surface area contributed by atoms with Crippen molar-refractivity contribution in [3.63, 3.8) is 0 Å². The molecule has 2 saturated heterocycles. The van der Waals surface area contributed by atoms with E-state index < -0.39 is 5.82 Å². The van der Waals surface area contributed by atoms with Gasteiger partial charge in [0.2, 0.25) is 5.91 Å². The van der Waals surface area contributed by atoms with E-state index in [2.05, 4.69) is 26.8 Å². The molecule has 3 heterocycles. The van der Waals surface area contributed by atoms with Gasteiger partial charge >= 0.3 is 0 Å². The quantitative estimate of drug-likeness (QED) is 0.275. The lowest BCUT2D eigenvalue weighted by atomic mass is 10.1. The van der Waals surface area contributed by atoms with Crippen molar-refractivity contribution < 1.29 is 18.7 Å². The monoisotopic (exact) mass is 559 g/mol. The van der Waals surface area contributed by atoms with Crippen LogP contribution in [0.15, 0.2) is 43.2 Å². The molecule has 5 rings (SSSR count). The van der Waals surface area contributed by atoms with E-state index in [4.69, 9.17) is 32.7 Å². The van der Waals surface area contributed by atoms with Gasteiger partial charge in [-0.1, -0.05) is 29.8 Å².